The summed E-state index contributed by atoms with van der Waals surface area (Å²) in [7, 11) is 1.56. The molecule has 7 nitrogen and oxygen atoms in total. The first kappa shape index (κ1) is 26.4. The highest BCUT2D eigenvalue weighted by Crippen LogP contribution is 2.43. The van der Waals surface area contributed by atoms with Gasteiger partial charge in [-0.2, -0.15) is 0 Å². The molecule has 0 spiro atoms. The molecule has 0 aromatic heterocycles. The van der Waals surface area contributed by atoms with Crippen molar-refractivity contribution < 1.29 is 28.9 Å². The van der Waals surface area contributed by atoms with Crippen LogP contribution in [0.1, 0.15) is 55.0 Å². The van der Waals surface area contributed by atoms with Gasteiger partial charge in [-0.25, -0.2) is 0 Å². The molecule has 0 bridgehead atoms. The molecule has 2 aliphatic rings. The number of benzene rings is 3. The van der Waals surface area contributed by atoms with E-state index in [0.29, 0.717) is 35.7 Å². The smallest absolute Gasteiger partial charge is 0.295 e. The molecule has 1 amide bonds. The quantitative estimate of drug-likeness (QED) is 0.163. The summed E-state index contributed by atoms with van der Waals surface area (Å²) in [5.74, 6) is 0.258. The Morgan fingerprint density at radius 2 is 1.85 bits per heavy atom. The van der Waals surface area contributed by atoms with Gasteiger partial charge in [0.25, 0.3) is 11.7 Å². The Bertz CT molecular complexity index is 1410. The molecule has 3 aromatic carbocycles. The fraction of sp³-hybridized carbons (Fsp3) is 0.312. The minimum absolute atomic E-state index is 0.0411. The number of carbonyl (C=O) groups is 2. The fourth-order valence-corrected chi connectivity index (χ4v) is 5.19. The van der Waals surface area contributed by atoms with Crippen LogP contribution < -0.4 is 14.2 Å². The number of aliphatic hydroxyl groups excluding tert-OH is 1. The zero-order valence-corrected chi connectivity index (χ0v) is 22.5. The van der Waals surface area contributed by atoms with Crippen LogP contribution in [0.5, 0.6) is 17.2 Å². The molecule has 3 aromatic rings. The Balaban J connectivity index is 1.60. The summed E-state index contributed by atoms with van der Waals surface area (Å²) >= 11 is 0. The van der Waals surface area contributed by atoms with Crippen molar-refractivity contribution >= 4 is 17.4 Å². The van der Waals surface area contributed by atoms with Gasteiger partial charge in [0.2, 0.25) is 0 Å². The third-order valence-electron chi connectivity index (χ3n) is 7.16. The second kappa shape index (κ2) is 11.2. The SMILES string of the molecule is CCCCOc1ccc([C@H]2/C(=C(\O)c3ccc4c(c3)C[C@@H](C)O4)C(=O)C(=O)N2Cc2ccccc2)cc1OC. The minimum atomic E-state index is -0.813. The van der Waals surface area contributed by atoms with Crippen molar-refractivity contribution in [2.24, 2.45) is 0 Å². The van der Waals surface area contributed by atoms with Crippen LogP contribution in [-0.2, 0) is 22.6 Å². The zero-order valence-electron chi connectivity index (χ0n) is 22.5. The summed E-state index contributed by atoms with van der Waals surface area (Å²) in [6, 6.07) is 19.4. The van der Waals surface area contributed by atoms with Crippen molar-refractivity contribution in [3.63, 3.8) is 0 Å². The Labute approximate surface area is 228 Å². The van der Waals surface area contributed by atoms with Crippen molar-refractivity contribution in [3.05, 3.63) is 94.6 Å². The average Bonchev–Trinajstić information content (AvgIpc) is 3.44. The van der Waals surface area contributed by atoms with E-state index in [0.717, 1.165) is 29.7 Å². The molecule has 2 heterocycles. The lowest BCUT2D eigenvalue weighted by atomic mass is 9.94. The van der Waals surface area contributed by atoms with Crippen LogP contribution in [-0.4, -0.2) is 41.5 Å². The number of fused-ring (bicyclic) bond motifs is 1. The van der Waals surface area contributed by atoms with E-state index in [9.17, 15) is 14.7 Å². The molecule has 5 rings (SSSR count). The summed E-state index contributed by atoms with van der Waals surface area (Å²) in [4.78, 5) is 28.4. The van der Waals surface area contributed by atoms with Crippen LogP contribution in [0, 0.1) is 0 Å². The van der Waals surface area contributed by atoms with Gasteiger partial charge in [-0.3, -0.25) is 9.59 Å². The lowest BCUT2D eigenvalue weighted by molar-refractivity contribution is -0.140. The van der Waals surface area contributed by atoms with Crippen LogP contribution in [0.15, 0.2) is 72.3 Å². The van der Waals surface area contributed by atoms with Gasteiger partial charge in [0.1, 0.15) is 17.6 Å². The monoisotopic (exact) mass is 527 g/mol. The number of likely N-dealkylation sites (tertiary alicyclic amines) is 1. The van der Waals surface area contributed by atoms with E-state index in [1.54, 1.807) is 31.4 Å². The van der Waals surface area contributed by atoms with Crippen LogP contribution >= 0.6 is 0 Å². The first-order valence-corrected chi connectivity index (χ1v) is 13.3. The first-order valence-electron chi connectivity index (χ1n) is 13.3. The van der Waals surface area contributed by atoms with E-state index in [2.05, 4.69) is 6.92 Å². The predicted molar refractivity (Wildman–Crippen MR) is 148 cm³/mol. The van der Waals surface area contributed by atoms with Gasteiger partial charge in [-0.05, 0) is 60.4 Å². The number of hydrogen-bond donors (Lipinski definition) is 1. The number of Topliss-reactive ketones (excluding diaryl/α,β-unsaturated/α-hetero) is 1. The molecule has 0 saturated carbocycles. The van der Waals surface area contributed by atoms with Crippen molar-refractivity contribution in [2.45, 2.75) is 51.8 Å². The van der Waals surface area contributed by atoms with Gasteiger partial charge in [-0.15, -0.1) is 0 Å². The molecule has 0 radical (unpaired) electrons. The highest BCUT2D eigenvalue weighted by atomic mass is 16.5. The molecule has 202 valence electrons. The van der Waals surface area contributed by atoms with Crippen molar-refractivity contribution in [1.29, 1.82) is 0 Å². The highest BCUT2D eigenvalue weighted by Gasteiger charge is 2.46. The summed E-state index contributed by atoms with van der Waals surface area (Å²) in [5, 5.41) is 11.5. The first-order chi connectivity index (χ1) is 18.9. The molecule has 1 N–H and O–H groups in total. The molecule has 1 saturated heterocycles. The number of ether oxygens (including phenoxy) is 3. The van der Waals surface area contributed by atoms with Gasteiger partial charge in [0.15, 0.2) is 11.5 Å². The van der Waals surface area contributed by atoms with E-state index in [1.807, 2.05) is 49.4 Å². The number of hydrogen-bond acceptors (Lipinski definition) is 6. The van der Waals surface area contributed by atoms with Gasteiger partial charge in [0.05, 0.1) is 25.3 Å². The van der Waals surface area contributed by atoms with Gasteiger partial charge in [-0.1, -0.05) is 49.7 Å². The molecule has 2 aliphatic heterocycles. The van der Waals surface area contributed by atoms with Crippen molar-refractivity contribution in [2.75, 3.05) is 13.7 Å². The highest BCUT2D eigenvalue weighted by molar-refractivity contribution is 6.46. The number of amides is 1. The maximum atomic E-state index is 13.5. The molecular weight excluding hydrogens is 494 g/mol. The largest absolute Gasteiger partial charge is 0.507 e. The summed E-state index contributed by atoms with van der Waals surface area (Å²) < 4.78 is 17.3. The van der Waals surface area contributed by atoms with Gasteiger partial charge in [0, 0.05) is 18.5 Å². The number of aliphatic hydroxyl groups is 1. The van der Waals surface area contributed by atoms with Gasteiger partial charge < -0.3 is 24.2 Å². The third-order valence-corrected chi connectivity index (χ3v) is 7.16. The lowest BCUT2D eigenvalue weighted by Gasteiger charge is -2.26. The van der Waals surface area contributed by atoms with E-state index in [1.165, 1.54) is 4.90 Å². The van der Waals surface area contributed by atoms with Crippen molar-refractivity contribution in [3.8, 4) is 17.2 Å². The predicted octanol–water partition coefficient (Wildman–Crippen LogP) is 5.82. The minimum Gasteiger partial charge on any atom is -0.507 e. The Morgan fingerprint density at radius 1 is 1.05 bits per heavy atom. The van der Waals surface area contributed by atoms with Crippen LogP contribution in [0.4, 0.5) is 0 Å². The van der Waals surface area contributed by atoms with E-state index in [4.69, 9.17) is 14.2 Å². The summed E-state index contributed by atoms with van der Waals surface area (Å²) in [5.41, 5.74) is 2.99. The van der Waals surface area contributed by atoms with Crippen LogP contribution in [0.2, 0.25) is 0 Å². The van der Waals surface area contributed by atoms with Crippen LogP contribution in [0.25, 0.3) is 5.76 Å². The standard InChI is InChI=1S/C32H33NO6/c1-4-5-15-38-26-14-11-22(18-27(26)37-3)29-28(30(34)23-12-13-25-24(17-23)16-20(2)39-25)31(35)32(36)33(29)19-21-9-7-6-8-10-21/h6-14,17-18,20,29,34H,4-5,15-16,19H2,1-3H3/b30-28+/t20-,29+/m1/s1. The third kappa shape index (κ3) is 5.21. The number of unbranched alkanes of at least 4 members (excludes halogenated alkanes) is 1. The lowest BCUT2D eigenvalue weighted by Crippen LogP contribution is -2.29. The number of nitrogens with zero attached hydrogens (tertiary/aromatic N) is 1. The molecule has 7 heteroatoms. The zero-order chi connectivity index (χ0) is 27.5. The Morgan fingerprint density at radius 3 is 2.59 bits per heavy atom. The topological polar surface area (TPSA) is 85.3 Å². The molecule has 0 aliphatic carbocycles. The Hall–Kier alpha value is -4.26. The number of ketones is 1. The molecule has 0 unspecified atom stereocenters. The molecule has 2 atom stereocenters. The van der Waals surface area contributed by atoms with E-state index >= 15 is 0 Å². The van der Waals surface area contributed by atoms with E-state index in [-0.39, 0.29) is 24.0 Å². The maximum absolute atomic E-state index is 13.5. The normalized spacial score (nSPS) is 19.6. The van der Waals surface area contributed by atoms with Crippen LogP contribution in [0.3, 0.4) is 0 Å². The second-order valence-corrected chi connectivity index (χ2v) is 9.98. The number of carbonyl (C=O) groups excluding carboxylic acids is 2. The van der Waals surface area contributed by atoms with Crippen molar-refractivity contribution in [1.82, 2.24) is 4.90 Å². The maximum Gasteiger partial charge on any atom is 0.295 e. The van der Waals surface area contributed by atoms with E-state index < -0.39 is 17.7 Å². The summed E-state index contributed by atoms with van der Waals surface area (Å²) in [6.45, 7) is 4.84. The molecule has 1 fully saturated rings. The summed E-state index contributed by atoms with van der Waals surface area (Å²) in [6.07, 6.45) is 2.66. The number of rotatable bonds is 9. The second-order valence-electron chi connectivity index (χ2n) is 9.98. The number of methoxy groups -OCH3 is 1. The average molecular weight is 528 g/mol. The van der Waals surface area contributed by atoms with Gasteiger partial charge >= 0.3 is 0 Å². The molecular formula is C32H33NO6. The fourth-order valence-electron chi connectivity index (χ4n) is 5.19. The molecule has 39 heavy (non-hydrogen) atoms. The Kier molecular flexibility index (Phi) is 7.59.